The van der Waals surface area contributed by atoms with Crippen molar-refractivity contribution in [2.45, 2.75) is 6.04 Å². The van der Waals surface area contributed by atoms with E-state index in [1.54, 1.807) is 12.3 Å². The summed E-state index contributed by atoms with van der Waals surface area (Å²) in [6, 6.07) is 1.32. The normalized spacial score (nSPS) is 19.4. The fraction of sp³-hybridized carbons (Fsp3) is 0.636. The van der Waals surface area contributed by atoms with Crippen molar-refractivity contribution in [1.29, 1.82) is 0 Å². The first-order valence-corrected chi connectivity index (χ1v) is 5.83. The van der Waals surface area contributed by atoms with E-state index in [1.165, 1.54) is 0 Å². The number of anilines is 1. The lowest BCUT2D eigenvalue weighted by molar-refractivity contribution is 0.265. The fourth-order valence-electron chi connectivity index (χ4n) is 1.82. The van der Waals surface area contributed by atoms with Gasteiger partial charge in [-0.25, -0.2) is 9.97 Å². The molecule has 0 bridgehead atoms. The molecule has 1 aromatic rings. The smallest absolute Gasteiger partial charge is 0.225 e. The molecule has 2 rings (SSSR count). The predicted molar refractivity (Wildman–Crippen MR) is 65.8 cm³/mol. The molecule has 1 atom stereocenters. The van der Waals surface area contributed by atoms with Gasteiger partial charge in [0.1, 0.15) is 0 Å². The molecule has 1 unspecified atom stereocenters. The second-order valence-corrected chi connectivity index (χ2v) is 4.36. The number of hydrogen-bond donors (Lipinski definition) is 2. The Morgan fingerprint density at radius 3 is 2.76 bits per heavy atom. The van der Waals surface area contributed by atoms with Crippen molar-refractivity contribution in [3.8, 4) is 0 Å². The molecule has 0 aliphatic carbocycles. The highest BCUT2D eigenvalue weighted by Crippen LogP contribution is 2.13. The van der Waals surface area contributed by atoms with E-state index in [1.807, 2.05) is 0 Å². The third-order valence-electron chi connectivity index (χ3n) is 3.03. The summed E-state index contributed by atoms with van der Waals surface area (Å²) in [5.74, 6) is 0.708. The molecule has 3 N–H and O–H groups in total. The molecular formula is C11H19N5O. The number of likely N-dealkylation sites (N-methyl/N-ethyl adjacent to an activating group) is 1. The van der Waals surface area contributed by atoms with E-state index in [9.17, 15) is 0 Å². The average molecular weight is 237 g/mol. The maximum absolute atomic E-state index is 9.02. The summed E-state index contributed by atoms with van der Waals surface area (Å²) in [6.07, 6.45) is 1.70. The second-order valence-electron chi connectivity index (χ2n) is 4.36. The maximum Gasteiger partial charge on any atom is 0.225 e. The van der Waals surface area contributed by atoms with Crippen LogP contribution in [0.5, 0.6) is 0 Å². The summed E-state index contributed by atoms with van der Waals surface area (Å²) >= 11 is 0. The fourth-order valence-corrected chi connectivity index (χ4v) is 1.82. The molecule has 6 heteroatoms. The molecule has 94 valence electrons. The summed E-state index contributed by atoms with van der Waals surface area (Å²) in [7, 11) is 2.11. The quantitative estimate of drug-likeness (QED) is 0.718. The van der Waals surface area contributed by atoms with Crippen LogP contribution in [0.3, 0.4) is 0 Å². The van der Waals surface area contributed by atoms with Gasteiger partial charge >= 0.3 is 0 Å². The van der Waals surface area contributed by atoms with Gasteiger partial charge in [0.25, 0.3) is 0 Å². The van der Waals surface area contributed by atoms with Gasteiger partial charge in [-0.1, -0.05) is 0 Å². The first-order valence-electron chi connectivity index (χ1n) is 5.83. The summed E-state index contributed by atoms with van der Waals surface area (Å²) < 4.78 is 0. The van der Waals surface area contributed by atoms with E-state index >= 15 is 0 Å². The molecule has 0 saturated carbocycles. The van der Waals surface area contributed by atoms with E-state index in [-0.39, 0.29) is 6.61 Å². The number of piperazine rings is 1. The van der Waals surface area contributed by atoms with E-state index < -0.39 is 6.04 Å². The molecule has 1 aliphatic rings. The van der Waals surface area contributed by atoms with Crippen LogP contribution in [0.4, 0.5) is 5.95 Å². The minimum Gasteiger partial charge on any atom is -0.394 e. The lowest BCUT2D eigenvalue weighted by Crippen LogP contribution is -2.45. The Bertz CT molecular complexity index is 365. The Morgan fingerprint density at radius 2 is 2.12 bits per heavy atom. The molecule has 0 aromatic carbocycles. The number of aliphatic hydroxyl groups is 1. The molecule has 0 radical (unpaired) electrons. The van der Waals surface area contributed by atoms with E-state index in [4.69, 9.17) is 10.8 Å². The number of hydrogen-bond acceptors (Lipinski definition) is 6. The van der Waals surface area contributed by atoms with Crippen molar-refractivity contribution in [2.75, 3.05) is 44.7 Å². The molecule has 1 aromatic heterocycles. The SMILES string of the molecule is CN1CCN(c2nccc(C(N)CO)n2)CC1. The monoisotopic (exact) mass is 237 g/mol. The highest BCUT2D eigenvalue weighted by Gasteiger charge is 2.17. The first-order chi connectivity index (χ1) is 8.20. The van der Waals surface area contributed by atoms with Crippen molar-refractivity contribution in [3.63, 3.8) is 0 Å². The Balaban J connectivity index is 2.10. The van der Waals surface area contributed by atoms with Crippen LogP contribution >= 0.6 is 0 Å². The predicted octanol–water partition coefficient (Wildman–Crippen LogP) is -0.779. The first kappa shape index (κ1) is 12.2. The summed E-state index contributed by atoms with van der Waals surface area (Å²) in [6.45, 7) is 3.78. The molecule has 6 nitrogen and oxygen atoms in total. The van der Waals surface area contributed by atoms with Crippen LogP contribution < -0.4 is 10.6 Å². The van der Waals surface area contributed by atoms with E-state index in [2.05, 4.69) is 26.8 Å². The van der Waals surface area contributed by atoms with Gasteiger partial charge in [-0.05, 0) is 13.1 Å². The van der Waals surface area contributed by atoms with Gasteiger partial charge in [-0.2, -0.15) is 0 Å². The molecular weight excluding hydrogens is 218 g/mol. The molecule has 1 fully saturated rings. The summed E-state index contributed by atoms with van der Waals surface area (Å²) in [5.41, 5.74) is 6.44. The van der Waals surface area contributed by atoms with Crippen LogP contribution in [0, 0.1) is 0 Å². The van der Waals surface area contributed by atoms with Crippen LogP contribution in [0.25, 0.3) is 0 Å². The van der Waals surface area contributed by atoms with E-state index in [0.29, 0.717) is 11.6 Å². The Morgan fingerprint density at radius 1 is 1.41 bits per heavy atom. The lowest BCUT2D eigenvalue weighted by atomic mass is 10.2. The van der Waals surface area contributed by atoms with Gasteiger partial charge in [0.2, 0.25) is 5.95 Å². The van der Waals surface area contributed by atoms with E-state index in [0.717, 1.165) is 26.2 Å². The minimum absolute atomic E-state index is 0.0980. The topological polar surface area (TPSA) is 78.5 Å². The van der Waals surface area contributed by atoms with Gasteiger partial charge in [0.15, 0.2) is 0 Å². The van der Waals surface area contributed by atoms with Gasteiger partial charge in [-0.15, -0.1) is 0 Å². The largest absolute Gasteiger partial charge is 0.394 e. The standard InChI is InChI=1S/C11H19N5O/c1-15-4-6-16(7-5-15)11-13-3-2-10(14-11)9(12)8-17/h2-3,9,17H,4-8,12H2,1H3. The number of aliphatic hydroxyl groups excluding tert-OH is 1. The van der Waals surface area contributed by atoms with Crippen molar-refractivity contribution >= 4 is 5.95 Å². The molecule has 1 aliphatic heterocycles. The van der Waals surface area contributed by atoms with Gasteiger partial charge in [0, 0.05) is 32.4 Å². The van der Waals surface area contributed by atoms with Crippen LogP contribution in [-0.2, 0) is 0 Å². The number of nitrogens with two attached hydrogens (primary N) is 1. The maximum atomic E-state index is 9.02. The number of rotatable bonds is 3. The van der Waals surface area contributed by atoms with Gasteiger partial charge < -0.3 is 20.6 Å². The zero-order chi connectivity index (χ0) is 12.3. The zero-order valence-electron chi connectivity index (χ0n) is 10.1. The highest BCUT2D eigenvalue weighted by atomic mass is 16.3. The third-order valence-corrected chi connectivity index (χ3v) is 3.03. The third kappa shape index (κ3) is 2.91. The molecule has 0 amide bonds. The lowest BCUT2D eigenvalue weighted by Gasteiger charge is -2.32. The van der Waals surface area contributed by atoms with Crippen LogP contribution in [0.2, 0.25) is 0 Å². The second kappa shape index (κ2) is 5.39. The number of aromatic nitrogens is 2. The van der Waals surface area contributed by atoms with Crippen LogP contribution in [0.15, 0.2) is 12.3 Å². The molecule has 17 heavy (non-hydrogen) atoms. The molecule has 2 heterocycles. The van der Waals surface area contributed by atoms with Gasteiger partial charge in [0.05, 0.1) is 18.3 Å². The molecule has 1 saturated heterocycles. The van der Waals surface area contributed by atoms with Crippen LogP contribution in [-0.4, -0.2) is 59.8 Å². The van der Waals surface area contributed by atoms with Crippen molar-refractivity contribution in [2.24, 2.45) is 5.73 Å². The van der Waals surface area contributed by atoms with Crippen LogP contribution in [0.1, 0.15) is 11.7 Å². The molecule has 0 spiro atoms. The Labute approximate surface area is 101 Å². The van der Waals surface area contributed by atoms with Gasteiger partial charge in [-0.3, -0.25) is 0 Å². The minimum atomic E-state index is -0.427. The summed E-state index contributed by atoms with van der Waals surface area (Å²) in [5, 5.41) is 9.02. The van der Waals surface area contributed by atoms with Crippen molar-refractivity contribution in [3.05, 3.63) is 18.0 Å². The Hall–Kier alpha value is -1.24. The van der Waals surface area contributed by atoms with Crippen molar-refractivity contribution < 1.29 is 5.11 Å². The Kier molecular flexibility index (Phi) is 3.88. The number of nitrogens with zero attached hydrogens (tertiary/aromatic N) is 4. The summed E-state index contributed by atoms with van der Waals surface area (Å²) in [4.78, 5) is 13.1. The van der Waals surface area contributed by atoms with Crippen molar-refractivity contribution in [1.82, 2.24) is 14.9 Å². The zero-order valence-corrected chi connectivity index (χ0v) is 10.1. The average Bonchev–Trinajstić information content (AvgIpc) is 2.39. The highest BCUT2D eigenvalue weighted by molar-refractivity contribution is 5.31.